The molecule has 0 saturated carbocycles. The lowest BCUT2D eigenvalue weighted by molar-refractivity contribution is -0.143. The quantitative estimate of drug-likeness (QED) is 0.547. The number of carbonyl (C=O) groups is 4. The first-order chi connectivity index (χ1) is 14.6. The number of rotatable bonds is 7. The molecule has 31 heavy (non-hydrogen) atoms. The Balaban J connectivity index is 2.55. The molecule has 0 N–H and O–H groups in total. The molecule has 0 atom stereocenters. The summed E-state index contributed by atoms with van der Waals surface area (Å²) in [5.74, 6) is -2.73. The van der Waals surface area contributed by atoms with E-state index in [0.29, 0.717) is 35.5 Å². The van der Waals surface area contributed by atoms with Crippen LogP contribution in [0.4, 0.5) is 10.1 Å². The van der Waals surface area contributed by atoms with Gasteiger partial charge in [-0.25, -0.2) is 9.69 Å². The van der Waals surface area contributed by atoms with Crippen LogP contribution in [0.25, 0.3) is 0 Å². The molecule has 1 aliphatic rings. The Labute approximate surface area is 189 Å². The van der Waals surface area contributed by atoms with E-state index in [1.807, 2.05) is 0 Å². The molecule has 0 bridgehead atoms. The van der Waals surface area contributed by atoms with E-state index in [2.05, 4.69) is 4.74 Å². The predicted molar refractivity (Wildman–Crippen MR) is 115 cm³/mol. The smallest absolute Gasteiger partial charge is 0.334 e. The highest BCUT2D eigenvalue weighted by atomic mass is 35.5. The number of methoxy groups -OCH3 is 1. The Hall–Kier alpha value is -2.26. The fourth-order valence-corrected chi connectivity index (χ4v) is 4.50. The van der Waals surface area contributed by atoms with E-state index in [1.165, 1.54) is 14.0 Å². The SMILES string of the molecule is CCC(=O)N(C(=O)C1=C(C(=O)OC(C)C)CCCC1)c1c(F)sc(CC(=O)OC)c1Cl. The number of halogens is 2. The molecule has 170 valence electrons. The van der Waals surface area contributed by atoms with Crippen LogP contribution in [-0.4, -0.2) is 37.0 Å². The molecule has 1 heterocycles. The van der Waals surface area contributed by atoms with E-state index in [9.17, 15) is 23.6 Å². The Morgan fingerprint density at radius 1 is 1.16 bits per heavy atom. The summed E-state index contributed by atoms with van der Waals surface area (Å²) in [6, 6.07) is 0. The molecule has 0 spiro atoms. The maximum atomic E-state index is 14.9. The number of imide groups is 1. The minimum Gasteiger partial charge on any atom is -0.469 e. The standard InChI is InChI=1S/C21H25ClFNO6S/c1-5-15(25)24(18-17(22)14(31-19(18)23)10-16(26)29-4)20(27)12-8-6-7-9-13(12)21(28)30-11(2)3/h11H,5-10H2,1-4H3. The molecular weight excluding hydrogens is 449 g/mol. The Morgan fingerprint density at radius 2 is 1.77 bits per heavy atom. The van der Waals surface area contributed by atoms with E-state index in [4.69, 9.17) is 16.3 Å². The van der Waals surface area contributed by atoms with Crippen LogP contribution in [0.3, 0.4) is 0 Å². The van der Waals surface area contributed by atoms with Gasteiger partial charge in [0.2, 0.25) is 11.0 Å². The van der Waals surface area contributed by atoms with E-state index in [1.54, 1.807) is 13.8 Å². The number of nitrogens with zero attached hydrogens (tertiary/aromatic N) is 1. The zero-order valence-electron chi connectivity index (χ0n) is 17.9. The lowest BCUT2D eigenvalue weighted by Gasteiger charge is -2.25. The van der Waals surface area contributed by atoms with Gasteiger partial charge >= 0.3 is 11.9 Å². The van der Waals surface area contributed by atoms with E-state index < -0.39 is 34.6 Å². The third kappa shape index (κ3) is 5.71. The second-order valence-electron chi connectivity index (χ2n) is 7.22. The summed E-state index contributed by atoms with van der Waals surface area (Å²) in [5, 5.41) is -1.08. The molecule has 0 saturated heterocycles. The molecule has 1 aromatic heterocycles. The van der Waals surface area contributed by atoms with Gasteiger partial charge < -0.3 is 9.47 Å². The van der Waals surface area contributed by atoms with Crippen LogP contribution in [0.5, 0.6) is 0 Å². The first-order valence-electron chi connectivity index (χ1n) is 9.96. The monoisotopic (exact) mass is 473 g/mol. The predicted octanol–water partition coefficient (Wildman–Crippen LogP) is 4.35. The number of amides is 2. The first-order valence-corrected chi connectivity index (χ1v) is 11.1. The van der Waals surface area contributed by atoms with E-state index in [-0.39, 0.29) is 46.4 Å². The number of hydrogen-bond acceptors (Lipinski definition) is 7. The molecule has 1 aromatic rings. The van der Waals surface area contributed by atoms with Gasteiger partial charge in [-0.05, 0) is 39.5 Å². The number of thiophene rings is 1. The lowest BCUT2D eigenvalue weighted by atomic mass is 9.90. The fraction of sp³-hybridized carbons (Fsp3) is 0.524. The van der Waals surface area contributed by atoms with Crippen LogP contribution >= 0.6 is 22.9 Å². The van der Waals surface area contributed by atoms with Gasteiger partial charge in [-0.15, -0.1) is 11.3 Å². The van der Waals surface area contributed by atoms with Crippen LogP contribution in [0.1, 0.15) is 57.8 Å². The van der Waals surface area contributed by atoms with Crippen molar-refractivity contribution in [3.8, 4) is 0 Å². The fourth-order valence-electron chi connectivity index (χ4n) is 3.21. The van der Waals surface area contributed by atoms with Crippen molar-refractivity contribution in [2.75, 3.05) is 12.0 Å². The first kappa shape index (κ1) is 25.0. The maximum absolute atomic E-state index is 14.9. The highest BCUT2D eigenvalue weighted by Gasteiger charge is 2.36. The van der Waals surface area contributed by atoms with Crippen molar-refractivity contribution in [3.05, 3.63) is 26.2 Å². The zero-order valence-corrected chi connectivity index (χ0v) is 19.5. The van der Waals surface area contributed by atoms with Crippen molar-refractivity contribution >= 4 is 52.4 Å². The molecule has 0 radical (unpaired) electrons. The second-order valence-corrected chi connectivity index (χ2v) is 8.65. The zero-order chi connectivity index (χ0) is 23.3. The third-order valence-electron chi connectivity index (χ3n) is 4.68. The van der Waals surface area contributed by atoms with Crippen LogP contribution in [-0.2, 0) is 35.1 Å². The van der Waals surface area contributed by atoms with E-state index in [0.717, 1.165) is 0 Å². The van der Waals surface area contributed by atoms with Gasteiger partial charge in [-0.3, -0.25) is 14.4 Å². The number of hydrogen-bond donors (Lipinski definition) is 0. The summed E-state index contributed by atoms with van der Waals surface area (Å²) in [6.45, 7) is 4.91. The minimum absolute atomic E-state index is 0.0945. The number of carbonyl (C=O) groups excluding carboxylic acids is 4. The number of anilines is 1. The molecule has 1 aliphatic carbocycles. The van der Waals surface area contributed by atoms with Gasteiger partial charge in [0.1, 0.15) is 5.69 Å². The van der Waals surface area contributed by atoms with Gasteiger partial charge in [0.25, 0.3) is 5.91 Å². The molecule has 0 aliphatic heterocycles. The average Bonchev–Trinajstić information content (AvgIpc) is 3.00. The van der Waals surface area contributed by atoms with Crippen molar-refractivity contribution in [3.63, 3.8) is 0 Å². The van der Waals surface area contributed by atoms with Crippen molar-refractivity contribution in [2.45, 2.75) is 65.4 Å². The molecular formula is C21H25ClFNO6S. The molecule has 0 fully saturated rings. The highest BCUT2D eigenvalue weighted by molar-refractivity contribution is 7.11. The molecule has 10 heteroatoms. The van der Waals surface area contributed by atoms with Crippen LogP contribution < -0.4 is 4.90 Å². The normalized spacial score (nSPS) is 13.9. The van der Waals surface area contributed by atoms with Crippen LogP contribution in [0.2, 0.25) is 5.02 Å². The number of ether oxygens (including phenoxy) is 2. The van der Waals surface area contributed by atoms with Crippen LogP contribution in [0, 0.1) is 5.13 Å². The van der Waals surface area contributed by atoms with Gasteiger partial charge in [-0.2, -0.15) is 4.39 Å². The van der Waals surface area contributed by atoms with Gasteiger partial charge in [0.05, 0.1) is 24.7 Å². The summed E-state index contributed by atoms with van der Waals surface area (Å²) in [7, 11) is 1.19. The Morgan fingerprint density at radius 3 is 2.32 bits per heavy atom. The third-order valence-corrected chi connectivity index (χ3v) is 6.16. The summed E-state index contributed by atoms with van der Waals surface area (Å²) in [4.78, 5) is 51.1. The van der Waals surface area contributed by atoms with Crippen molar-refractivity contribution in [1.29, 1.82) is 0 Å². The Bertz CT molecular complexity index is 923. The molecule has 7 nitrogen and oxygen atoms in total. The Kier molecular flexibility index (Phi) is 8.76. The van der Waals surface area contributed by atoms with Crippen molar-refractivity contribution < 1.29 is 33.0 Å². The average molecular weight is 474 g/mol. The van der Waals surface area contributed by atoms with E-state index >= 15 is 0 Å². The largest absolute Gasteiger partial charge is 0.469 e. The summed E-state index contributed by atoms with van der Waals surface area (Å²) >= 11 is 6.85. The van der Waals surface area contributed by atoms with Crippen molar-refractivity contribution in [2.24, 2.45) is 0 Å². The summed E-state index contributed by atoms with van der Waals surface area (Å²) in [5.41, 5.74) is -0.0904. The minimum atomic E-state index is -0.873. The summed E-state index contributed by atoms with van der Waals surface area (Å²) in [6.07, 6.45) is 1.15. The highest BCUT2D eigenvalue weighted by Crippen LogP contribution is 2.41. The van der Waals surface area contributed by atoms with Gasteiger partial charge in [0.15, 0.2) is 0 Å². The molecule has 0 unspecified atom stereocenters. The number of esters is 2. The van der Waals surface area contributed by atoms with Crippen LogP contribution in [0.15, 0.2) is 11.1 Å². The van der Waals surface area contributed by atoms with Gasteiger partial charge in [-0.1, -0.05) is 18.5 Å². The molecule has 2 rings (SSSR count). The van der Waals surface area contributed by atoms with Gasteiger partial charge in [0, 0.05) is 22.4 Å². The topological polar surface area (TPSA) is 90.0 Å². The maximum Gasteiger partial charge on any atom is 0.334 e. The lowest BCUT2D eigenvalue weighted by Crippen LogP contribution is -2.39. The molecule has 2 amide bonds. The second kappa shape index (κ2) is 10.9. The molecule has 0 aromatic carbocycles. The summed E-state index contributed by atoms with van der Waals surface area (Å²) < 4.78 is 24.7. The van der Waals surface area contributed by atoms with Crippen molar-refractivity contribution in [1.82, 2.24) is 0 Å².